The van der Waals surface area contributed by atoms with Crippen LogP contribution in [0.15, 0.2) is 45.7 Å². The molecule has 6 heteroatoms. The standard InChI is InChI=1S/C20H18BrClN2O2/c1-11-3-4-12(2)18-15(11)9-13(19(25)24-18)7-8-23-20(26)16-10-14(21)5-6-17(16)22/h3-6,9-10H,7-8H2,1-2H3,(H,23,26)(H,24,25). The number of nitrogens with one attached hydrogen (secondary N) is 2. The Morgan fingerprint density at radius 3 is 2.65 bits per heavy atom. The molecule has 4 nitrogen and oxygen atoms in total. The summed E-state index contributed by atoms with van der Waals surface area (Å²) in [6.07, 6.45) is 0.440. The molecule has 0 unspecified atom stereocenters. The number of fused-ring (bicyclic) bond motifs is 1. The molecule has 26 heavy (non-hydrogen) atoms. The van der Waals surface area contributed by atoms with Gasteiger partial charge in [0.15, 0.2) is 0 Å². The highest BCUT2D eigenvalue weighted by molar-refractivity contribution is 9.10. The molecule has 1 aromatic heterocycles. The van der Waals surface area contributed by atoms with Crippen molar-refractivity contribution >= 4 is 44.3 Å². The van der Waals surface area contributed by atoms with Gasteiger partial charge in [0.2, 0.25) is 0 Å². The maximum Gasteiger partial charge on any atom is 0.252 e. The number of H-pyrrole nitrogens is 1. The number of aromatic nitrogens is 1. The summed E-state index contributed by atoms with van der Waals surface area (Å²) in [5.41, 5.74) is 3.93. The fraction of sp³-hybridized carbons (Fsp3) is 0.200. The van der Waals surface area contributed by atoms with E-state index in [0.717, 1.165) is 26.5 Å². The van der Waals surface area contributed by atoms with Crippen LogP contribution < -0.4 is 10.9 Å². The number of carbonyl (C=O) groups excluding carboxylic acids is 1. The van der Waals surface area contributed by atoms with Crippen molar-refractivity contribution in [2.45, 2.75) is 20.3 Å². The summed E-state index contributed by atoms with van der Waals surface area (Å²) in [5, 5.41) is 4.24. The van der Waals surface area contributed by atoms with E-state index in [1.807, 2.05) is 32.0 Å². The second-order valence-corrected chi connectivity index (χ2v) is 7.56. The molecule has 0 saturated carbocycles. The molecule has 0 fully saturated rings. The molecule has 1 heterocycles. The summed E-state index contributed by atoms with van der Waals surface area (Å²) >= 11 is 9.40. The van der Waals surface area contributed by atoms with Crippen molar-refractivity contribution in [3.63, 3.8) is 0 Å². The van der Waals surface area contributed by atoms with Crippen molar-refractivity contribution < 1.29 is 4.79 Å². The first-order valence-corrected chi connectivity index (χ1v) is 9.39. The number of pyridine rings is 1. The van der Waals surface area contributed by atoms with Gasteiger partial charge >= 0.3 is 0 Å². The molecule has 3 aromatic rings. The van der Waals surface area contributed by atoms with E-state index in [-0.39, 0.29) is 11.5 Å². The van der Waals surface area contributed by atoms with Crippen LogP contribution in [0.4, 0.5) is 0 Å². The summed E-state index contributed by atoms with van der Waals surface area (Å²) in [6, 6.07) is 11.1. The number of halogens is 2. The van der Waals surface area contributed by atoms with E-state index in [9.17, 15) is 9.59 Å². The predicted molar refractivity (Wildman–Crippen MR) is 109 cm³/mol. The van der Waals surface area contributed by atoms with Crippen LogP contribution in [0, 0.1) is 13.8 Å². The SMILES string of the molecule is Cc1ccc(C)c2[nH]c(=O)c(CCNC(=O)c3cc(Br)ccc3Cl)cc12. The van der Waals surface area contributed by atoms with Gasteiger partial charge in [-0.2, -0.15) is 0 Å². The molecule has 0 atom stereocenters. The van der Waals surface area contributed by atoms with E-state index in [1.165, 1.54) is 0 Å². The molecule has 0 spiro atoms. The fourth-order valence-corrected chi connectivity index (χ4v) is 3.45. The van der Waals surface area contributed by atoms with Crippen molar-refractivity contribution in [3.8, 4) is 0 Å². The average Bonchev–Trinajstić information content (AvgIpc) is 2.61. The summed E-state index contributed by atoms with van der Waals surface area (Å²) in [7, 11) is 0. The highest BCUT2D eigenvalue weighted by Crippen LogP contribution is 2.21. The van der Waals surface area contributed by atoms with E-state index in [1.54, 1.807) is 18.2 Å². The average molecular weight is 434 g/mol. The van der Waals surface area contributed by atoms with E-state index in [4.69, 9.17) is 11.6 Å². The summed E-state index contributed by atoms with van der Waals surface area (Å²) in [6.45, 7) is 4.33. The topological polar surface area (TPSA) is 62.0 Å². The number of benzene rings is 2. The summed E-state index contributed by atoms with van der Waals surface area (Å²) in [4.78, 5) is 27.6. The third kappa shape index (κ3) is 3.84. The smallest absolute Gasteiger partial charge is 0.252 e. The summed E-state index contributed by atoms with van der Waals surface area (Å²) in [5.74, 6) is -0.263. The number of hydrogen-bond donors (Lipinski definition) is 2. The Hall–Kier alpha value is -2.11. The third-order valence-corrected chi connectivity index (χ3v) is 5.20. The van der Waals surface area contributed by atoms with Gasteiger partial charge in [0.25, 0.3) is 11.5 Å². The third-order valence-electron chi connectivity index (χ3n) is 4.37. The molecule has 0 bridgehead atoms. The molecule has 2 aromatic carbocycles. The van der Waals surface area contributed by atoms with E-state index >= 15 is 0 Å². The van der Waals surface area contributed by atoms with Crippen LogP contribution in [-0.4, -0.2) is 17.4 Å². The van der Waals surface area contributed by atoms with Crippen LogP contribution in [0.25, 0.3) is 10.9 Å². The number of aryl methyl sites for hydroxylation is 2. The Kier molecular flexibility index (Phi) is 5.49. The van der Waals surface area contributed by atoms with E-state index in [0.29, 0.717) is 29.1 Å². The Morgan fingerprint density at radius 1 is 1.15 bits per heavy atom. The lowest BCUT2D eigenvalue weighted by Crippen LogP contribution is -2.27. The maximum atomic E-state index is 12.3. The van der Waals surface area contributed by atoms with Gasteiger partial charge in [-0.15, -0.1) is 0 Å². The maximum absolute atomic E-state index is 12.3. The van der Waals surface area contributed by atoms with Crippen LogP contribution in [-0.2, 0) is 6.42 Å². The van der Waals surface area contributed by atoms with Crippen molar-refractivity contribution in [2.24, 2.45) is 0 Å². The van der Waals surface area contributed by atoms with Crippen LogP contribution in [0.3, 0.4) is 0 Å². The molecule has 3 rings (SSSR count). The zero-order valence-corrected chi connectivity index (χ0v) is 16.8. The van der Waals surface area contributed by atoms with Gasteiger partial charge in [-0.3, -0.25) is 9.59 Å². The fourth-order valence-electron chi connectivity index (χ4n) is 2.88. The Labute approximate surface area is 164 Å². The molecule has 1 amide bonds. The summed E-state index contributed by atoms with van der Waals surface area (Å²) < 4.78 is 0.781. The first-order chi connectivity index (χ1) is 12.4. The zero-order valence-electron chi connectivity index (χ0n) is 14.5. The van der Waals surface area contributed by atoms with Gasteiger partial charge in [0, 0.05) is 22.0 Å². The molecule has 0 radical (unpaired) electrons. The van der Waals surface area contributed by atoms with Gasteiger partial charge in [-0.25, -0.2) is 0 Å². The lowest BCUT2D eigenvalue weighted by molar-refractivity contribution is 0.0954. The highest BCUT2D eigenvalue weighted by Gasteiger charge is 2.11. The van der Waals surface area contributed by atoms with Gasteiger partial charge < -0.3 is 10.3 Å². The largest absolute Gasteiger partial charge is 0.352 e. The van der Waals surface area contributed by atoms with Crippen molar-refractivity contribution in [1.82, 2.24) is 10.3 Å². The monoisotopic (exact) mass is 432 g/mol. The number of aromatic amines is 1. The molecular weight excluding hydrogens is 416 g/mol. The molecule has 134 valence electrons. The van der Waals surface area contributed by atoms with E-state index < -0.39 is 0 Å². The molecule has 2 N–H and O–H groups in total. The lowest BCUT2D eigenvalue weighted by Gasteiger charge is -2.09. The Balaban J connectivity index is 1.77. The number of hydrogen-bond acceptors (Lipinski definition) is 2. The number of rotatable bonds is 4. The van der Waals surface area contributed by atoms with Crippen LogP contribution in [0.5, 0.6) is 0 Å². The van der Waals surface area contributed by atoms with Crippen molar-refractivity contribution in [2.75, 3.05) is 6.54 Å². The minimum atomic E-state index is -0.263. The zero-order chi connectivity index (χ0) is 18.8. The molecule has 0 aliphatic heterocycles. The molecule has 0 aliphatic carbocycles. The molecular formula is C20H18BrClN2O2. The molecule has 0 saturated heterocycles. The van der Waals surface area contributed by atoms with Gasteiger partial charge in [-0.05, 0) is 55.7 Å². The lowest BCUT2D eigenvalue weighted by atomic mass is 10.0. The predicted octanol–water partition coefficient (Wildman–Crippen LogP) is 4.53. The van der Waals surface area contributed by atoms with Gasteiger partial charge in [-0.1, -0.05) is 39.7 Å². The van der Waals surface area contributed by atoms with Crippen molar-refractivity contribution in [1.29, 1.82) is 0 Å². The number of carbonyl (C=O) groups is 1. The quantitative estimate of drug-likeness (QED) is 0.635. The second-order valence-electron chi connectivity index (χ2n) is 6.24. The normalized spacial score (nSPS) is 10.9. The first kappa shape index (κ1) is 18.7. The number of amides is 1. The minimum absolute atomic E-state index is 0.124. The molecule has 0 aliphatic rings. The highest BCUT2D eigenvalue weighted by atomic mass is 79.9. The van der Waals surface area contributed by atoms with E-state index in [2.05, 4.69) is 26.2 Å². The van der Waals surface area contributed by atoms with Crippen LogP contribution in [0.2, 0.25) is 5.02 Å². The van der Waals surface area contributed by atoms with Gasteiger partial charge in [0.05, 0.1) is 16.1 Å². The Morgan fingerprint density at radius 2 is 1.88 bits per heavy atom. The van der Waals surface area contributed by atoms with Crippen LogP contribution >= 0.6 is 27.5 Å². The van der Waals surface area contributed by atoms with Gasteiger partial charge in [0.1, 0.15) is 0 Å². The minimum Gasteiger partial charge on any atom is -0.352 e. The van der Waals surface area contributed by atoms with Crippen molar-refractivity contribution in [3.05, 3.63) is 78.5 Å². The Bertz CT molecular complexity index is 1060. The van der Waals surface area contributed by atoms with Crippen LogP contribution in [0.1, 0.15) is 27.0 Å². The second kappa shape index (κ2) is 7.64. The first-order valence-electron chi connectivity index (χ1n) is 8.22.